The van der Waals surface area contributed by atoms with Gasteiger partial charge in [0.1, 0.15) is 6.29 Å². The molecule has 1 aromatic carbocycles. The highest BCUT2D eigenvalue weighted by Crippen LogP contribution is 2.38. The van der Waals surface area contributed by atoms with E-state index in [1.54, 1.807) is 12.4 Å². The van der Waals surface area contributed by atoms with Gasteiger partial charge in [-0.25, -0.2) is 0 Å². The van der Waals surface area contributed by atoms with Crippen molar-refractivity contribution in [2.24, 2.45) is 0 Å². The molecule has 6 heteroatoms. The summed E-state index contributed by atoms with van der Waals surface area (Å²) in [6, 6.07) is 20.0. The molecule has 0 aliphatic carbocycles. The lowest BCUT2D eigenvalue weighted by Gasteiger charge is -2.21. The quantitative estimate of drug-likeness (QED) is 0.332. The maximum absolute atomic E-state index is 12.3. The zero-order valence-corrected chi connectivity index (χ0v) is 19.1. The number of nitrogens with zero attached hydrogens (tertiary/aromatic N) is 5. The number of fused-ring (bicyclic) bond motifs is 2. The summed E-state index contributed by atoms with van der Waals surface area (Å²) in [7, 11) is 0. The monoisotopic (exact) mass is 457 g/mol. The first-order valence-corrected chi connectivity index (χ1v) is 11.7. The second-order valence-electron chi connectivity index (χ2n) is 8.67. The molecule has 0 radical (unpaired) electrons. The van der Waals surface area contributed by atoms with Crippen LogP contribution in [0.25, 0.3) is 33.2 Å². The molecule has 5 heterocycles. The molecular weight excluding hydrogens is 434 g/mol. The van der Waals surface area contributed by atoms with Gasteiger partial charge < -0.3 is 4.79 Å². The molecule has 1 aliphatic rings. The maximum atomic E-state index is 12.3. The molecule has 6 nitrogen and oxygen atoms in total. The van der Waals surface area contributed by atoms with Gasteiger partial charge in [-0.15, -0.1) is 0 Å². The lowest BCUT2D eigenvalue weighted by Crippen LogP contribution is -2.26. The Balaban J connectivity index is 1.31. The Bertz CT molecular complexity index is 1500. The first kappa shape index (κ1) is 21.3. The van der Waals surface area contributed by atoms with Gasteiger partial charge in [0, 0.05) is 67.1 Å². The van der Waals surface area contributed by atoms with E-state index in [0.29, 0.717) is 13.1 Å². The number of pyridine rings is 4. The number of para-hydroxylation sites is 1. The van der Waals surface area contributed by atoms with Crippen molar-refractivity contribution in [1.82, 2.24) is 24.8 Å². The average molecular weight is 458 g/mol. The molecule has 0 amide bonds. The summed E-state index contributed by atoms with van der Waals surface area (Å²) in [4.78, 5) is 32.3. The number of rotatable bonds is 6. The van der Waals surface area contributed by atoms with Crippen molar-refractivity contribution < 1.29 is 4.79 Å². The van der Waals surface area contributed by atoms with Crippen molar-refractivity contribution in [3.05, 3.63) is 109 Å². The van der Waals surface area contributed by atoms with E-state index in [2.05, 4.69) is 32.0 Å². The third kappa shape index (κ3) is 3.98. The van der Waals surface area contributed by atoms with Crippen molar-refractivity contribution in [3.63, 3.8) is 0 Å². The second kappa shape index (κ2) is 9.16. The summed E-state index contributed by atoms with van der Waals surface area (Å²) in [5.74, 6) is 0. The Morgan fingerprint density at radius 3 is 2.31 bits per heavy atom. The van der Waals surface area contributed by atoms with Gasteiger partial charge in [0.05, 0.1) is 17.3 Å². The largest absolute Gasteiger partial charge is 0.301 e. The molecule has 0 spiro atoms. The first-order chi connectivity index (χ1) is 17.3. The molecule has 0 N–H and O–H groups in total. The van der Waals surface area contributed by atoms with E-state index in [4.69, 9.17) is 4.98 Å². The van der Waals surface area contributed by atoms with Crippen LogP contribution in [0.15, 0.2) is 91.6 Å². The van der Waals surface area contributed by atoms with Gasteiger partial charge in [0.2, 0.25) is 0 Å². The molecule has 1 atom stereocenters. The minimum Gasteiger partial charge on any atom is -0.301 e. The molecule has 170 valence electrons. The van der Waals surface area contributed by atoms with E-state index in [0.717, 1.165) is 62.8 Å². The van der Waals surface area contributed by atoms with E-state index in [1.807, 2.05) is 67.1 Å². The minimum atomic E-state index is -0.331. The summed E-state index contributed by atoms with van der Waals surface area (Å²) < 4.78 is 0. The van der Waals surface area contributed by atoms with E-state index in [1.165, 1.54) is 0 Å². The number of carbonyl (C=O) groups excluding carboxylic acids is 1. The van der Waals surface area contributed by atoms with Crippen LogP contribution in [-0.4, -0.2) is 37.7 Å². The third-order valence-corrected chi connectivity index (χ3v) is 6.65. The van der Waals surface area contributed by atoms with Gasteiger partial charge in [-0.3, -0.25) is 24.8 Å². The number of aldehydes is 1. The lowest BCUT2D eigenvalue weighted by atomic mass is 9.97. The number of benzene rings is 1. The number of aromatic nitrogens is 4. The van der Waals surface area contributed by atoms with Crippen LogP contribution in [0.3, 0.4) is 0 Å². The normalized spacial score (nSPS) is 15.3. The SMILES string of the molecule is O=CC1c2c(-c3ccncc3)ccnc2CN1CCc1cc(-c2ccncc2)c2ccccc2n1. The van der Waals surface area contributed by atoms with E-state index in [-0.39, 0.29) is 6.04 Å². The number of hydrogen-bond acceptors (Lipinski definition) is 6. The fourth-order valence-electron chi connectivity index (χ4n) is 4.99. The molecule has 0 fully saturated rings. The predicted octanol–water partition coefficient (Wildman–Crippen LogP) is 5.05. The molecule has 0 saturated heterocycles. The van der Waals surface area contributed by atoms with E-state index in [9.17, 15) is 4.79 Å². The van der Waals surface area contributed by atoms with E-state index < -0.39 is 0 Å². The van der Waals surface area contributed by atoms with Gasteiger partial charge in [0.15, 0.2) is 0 Å². The van der Waals surface area contributed by atoms with Gasteiger partial charge in [-0.05, 0) is 64.7 Å². The standard InChI is InChI=1S/C29H23N5O/c35-19-28-29-23(20-5-11-30-12-6-20)9-15-32-27(29)18-34(28)16-10-22-17-25(21-7-13-31-14-8-21)24-3-1-2-4-26(24)33-22/h1-9,11-15,17,19,28H,10,16,18H2. The smallest absolute Gasteiger partial charge is 0.141 e. The molecule has 5 aromatic rings. The van der Waals surface area contributed by atoms with Crippen LogP contribution in [-0.2, 0) is 17.8 Å². The van der Waals surface area contributed by atoms with Crippen LogP contribution in [0.1, 0.15) is 23.0 Å². The summed E-state index contributed by atoms with van der Waals surface area (Å²) in [5, 5.41) is 1.12. The topological polar surface area (TPSA) is 71.9 Å². The molecule has 6 rings (SSSR count). The minimum absolute atomic E-state index is 0.331. The Morgan fingerprint density at radius 1 is 0.857 bits per heavy atom. The highest BCUT2D eigenvalue weighted by atomic mass is 16.1. The van der Waals surface area contributed by atoms with Crippen molar-refractivity contribution in [2.75, 3.05) is 6.54 Å². The van der Waals surface area contributed by atoms with Crippen LogP contribution < -0.4 is 0 Å². The predicted molar refractivity (Wildman–Crippen MR) is 135 cm³/mol. The molecule has 1 unspecified atom stereocenters. The zero-order valence-electron chi connectivity index (χ0n) is 19.1. The highest BCUT2D eigenvalue weighted by molar-refractivity contribution is 5.94. The second-order valence-corrected chi connectivity index (χ2v) is 8.67. The molecule has 4 aromatic heterocycles. The third-order valence-electron chi connectivity index (χ3n) is 6.65. The Morgan fingerprint density at radius 2 is 1.57 bits per heavy atom. The van der Waals surface area contributed by atoms with Gasteiger partial charge in [-0.2, -0.15) is 0 Å². The molecule has 0 bridgehead atoms. The fraction of sp³-hybridized carbons (Fsp3) is 0.138. The van der Waals surface area contributed by atoms with Crippen LogP contribution in [0, 0.1) is 0 Å². The van der Waals surface area contributed by atoms with Gasteiger partial charge in [0.25, 0.3) is 0 Å². The van der Waals surface area contributed by atoms with Crippen molar-refractivity contribution in [3.8, 4) is 22.3 Å². The summed E-state index contributed by atoms with van der Waals surface area (Å²) in [6.07, 6.45) is 10.8. The summed E-state index contributed by atoms with van der Waals surface area (Å²) in [6.45, 7) is 1.35. The zero-order chi connectivity index (χ0) is 23.6. The van der Waals surface area contributed by atoms with Crippen LogP contribution in [0.5, 0.6) is 0 Å². The van der Waals surface area contributed by atoms with Crippen LogP contribution in [0.4, 0.5) is 0 Å². The average Bonchev–Trinajstić information content (AvgIpc) is 3.30. The van der Waals surface area contributed by atoms with Gasteiger partial charge in [-0.1, -0.05) is 18.2 Å². The molecule has 1 aliphatic heterocycles. The molecule has 0 saturated carbocycles. The Hall–Kier alpha value is -4.29. The summed E-state index contributed by atoms with van der Waals surface area (Å²) >= 11 is 0. The van der Waals surface area contributed by atoms with Crippen molar-refractivity contribution in [1.29, 1.82) is 0 Å². The summed E-state index contributed by atoms with van der Waals surface area (Å²) in [5.41, 5.74) is 8.27. The fourth-order valence-corrected chi connectivity index (χ4v) is 4.99. The lowest BCUT2D eigenvalue weighted by molar-refractivity contribution is -0.112. The number of carbonyl (C=O) groups is 1. The van der Waals surface area contributed by atoms with Gasteiger partial charge >= 0.3 is 0 Å². The highest BCUT2D eigenvalue weighted by Gasteiger charge is 2.33. The number of hydrogen-bond donors (Lipinski definition) is 0. The maximum Gasteiger partial charge on any atom is 0.141 e. The van der Waals surface area contributed by atoms with E-state index >= 15 is 0 Å². The first-order valence-electron chi connectivity index (χ1n) is 11.7. The van der Waals surface area contributed by atoms with Crippen LogP contribution in [0.2, 0.25) is 0 Å². The Labute approximate surface area is 203 Å². The van der Waals surface area contributed by atoms with Crippen molar-refractivity contribution in [2.45, 2.75) is 19.0 Å². The Kier molecular flexibility index (Phi) is 5.56. The molecule has 35 heavy (non-hydrogen) atoms. The van der Waals surface area contributed by atoms with Crippen LogP contribution >= 0.6 is 0 Å². The molecular formula is C29H23N5O. The van der Waals surface area contributed by atoms with Crippen molar-refractivity contribution >= 4 is 17.2 Å².